The molecule has 0 amide bonds. The number of aromatic carboxylic acids is 1. The molecule has 0 saturated carbocycles. The molecule has 0 atom stereocenters. The first-order valence-electron chi connectivity index (χ1n) is 7.85. The molecule has 0 aliphatic rings. The van der Waals surface area contributed by atoms with Crippen LogP contribution in [-0.4, -0.2) is 29.2 Å². The molecule has 1 aromatic carbocycles. The van der Waals surface area contributed by atoms with Gasteiger partial charge in [-0.15, -0.1) is 0 Å². The van der Waals surface area contributed by atoms with Gasteiger partial charge < -0.3 is 14.2 Å². The van der Waals surface area contributed by atoms with Gasteiger partial charge in [0.1, 0.15) is 10.6 Å². The van der Waals surface area contributed by atoms with E-state index in [4.69, 9.17) is 9.63 Å². The van der Waals surface area contributed by atoms with Crippen LogP contribution in [0.5, 0.6) is 0 Å². The summed E-state index contributed by atoms with van der Waals surface area (Å²) in [6.45, 7) is 2.01. The summed E-state index contributed by atoms with van der Waals surface area (Å²) in [6, 6.07) is 12.1. The van der Waals surface area contributed by atoms with E-state index in [1.165, 1.54) is 10.8 Å². The minimum atomic E-state index is -3.87. The average molecular weight is 375 g/mol. The van der Waals surface area contributed by atoms with Gasteiger partial charge in [0.2, 0.25) is 10.0 Å². The van der Waals surface area contributed by atoms with Crippen LogP contribution in [0.15, 0.2) is 58.1 Å². The number of hydrogen-bond acceptors (Lipinski definition) is 5. The van der Waals surface area contributed by atoms with Crippen LogP contribution in [0.4, 0.5) is 0 Å². The monoisotopic (exact) mass is 375 g/mol. The molecule has 2 N–H and O–H groups in total. The van der Waals surface area contributed by atoms with Crippen molar-refractivity contribution in [1.82, 2.24) is 14.4 Å². The lowest BCUT2D eigenvalue weighted by atomic mass is 10.2. The normalized spacial score (nSPS) is 11.6. The highest BCUT2D eigenvalue weighted by Gasteiger charge is 2.21. The minimum absolute atomic E-state index is 0.0711. The second-order valence-corrected chi connectivity index (χ2v) is 7.29. The number of nitrogens with one attached hydrogen (secondary N) is 1. The number of benzene rings is 1. The Bertz CT molecular complexity index is 1020. The number of sulfonamides is 1. The lowest BCUT2D eigenvalue weighted by molar-refractivity contribution is 0.0685. The second kappa shape index (κ2) is 7.14. The second-order valence-electron chi connectivity index (χ2n) is 5.53. The summed E-state index contributed by atoms with van der Waals surface area (Å²) in [5, 5.41) is 13.0. The molecular formula is C17H17N3O5S. The number of carbonyl (C=O) groups is 1. The van der Waals surface area contributed by atoms with Crippen LogP contribution in [-0.2, 0) is 23.1 Å². The van der Waals surface area contributed by atoms with E-state index in [-0.39, 0.29) is 17.1 Å². The topological polar surface area (TPSA) is 114 Å². The van der Waals surface area contributed by atoms with Crippen molar-refractivity contribution in [2.45, 2.75) is 24.9 Å². The molecule has 3 aromatic rings. The maximum absolute atomic E-state index is 12.4. The molecule has 0 radical (unpaired) electrons. The highest BCUT2D eigenvalue weighted by Crippen LogP contribution is 2.20. The summed E-state index contributed by atoms with van der Waals surface area (Å²) < 4.78 is 33.8. The van der Waals surface area contributed by atoms with Gasteiger partial charge in [0, 0.05) is 24.4 Å². The Kier molecular flexibility index (Phi) is 4.92. The van der Waals surface area contributed by atoms with E-state index < -0.39 is 16.0 Å². The Labute approximate surface area is 150 Å². The molecule has 0 fully saturated rings. The lowest BCUT2D eigenvalue weighted by Crippen LogP contribution is -2.23. The van der Waals surface area contributed by atoms with Gasteiger partial charge in [-0.25, -0.2) is 17.9 Å². The predicted molar refractivity (Wildman–Crippen MR) is 93.0 cm³/mol. The summed E-state index contributed by atoms with van der Waals surface area (Å²) in [5.41, 5.74) is 1.17. The summed E-state index contributed by atoms with van der Waals surface area (Å²) in [4.78, 5) is 11.1. The van der Waals surface area contributed by atoms with Gasteiger partial charge in [-0.2, -0.15) is 0 Å². The van der Waals surface area contributed by atoms with E-state index in [1.54, 1.807) is 13.0 Å². The maximum atomic E-state index is 12.4. The molecule has 3 rings (SSSR count). The fraction of sp³-hybridized carbons (Fsp3) is 0.176. The molecule has 0 saturated heterocycles. The average Bonchev–Trinajstić information content (AvgIpc) is 3.28. The largest absolute Gasteiger partial charge is 0.477 e. The van der Waals surface area contributed by atoms with E-state index in [9.17, 15) is 13.2 Å². The summed E-state index contributed by atoms with van der Waals surface area (Å²) in [6.07, 6.45) is 1.30. The number of carboxylic acid groups (broad SMARTS) is 1. The van der Waals surface area contributed by atoms with Crippen molar-refractivity contribution in [3.8, 4) is 11.3 Å². The number of nitrogens with zero attached hydrogens (tertiary/aromatic N) is 2. The molecule has 0 bridgehead atoms. The van der Waals surface area contributed by atoms with Crippen molar-refractivity contribution in [2.75, 3.05) is 0 Å². The van der Waals surface area contributed by atoms with Gasteiger partial charge in [-0.05, 0) is 13.0 Å². The Morgan fingerprint density at radius 3 is 2.62 bits per heavy atom. The molecule has 0 aliphatic carbocycles. The summed E-state index contributed by atoms with van der Waals surface area (Å²) in [5.74, 6) is -0.651. The van der Waals surface area contributed by atoms with E-state index in [1.807, 2.05) is 30.3 Å². The molecule has 2 heterocycles. The minimum Gasteiger partial charge on any atom is -0.477 e. The van der Waals surface area contributed by atoms with Gasteiger partial charge in [-0.3, -0.25) is 0 Å². The Hall–Kier alpha value is -2.91. The number of carboxylic acids is 1. The highest BCUT2D eigenvalue weighted by atomic mass is 32.2. The fourth-order valence-electron chi connectivity index (χ4n) is 2.46. The van der Waals surface area contributed by atoms with E-state index >= 15 is 0 Å². The molecule has 9 heteroatoms. The van der Waals surface area contributed by atoms with Gasteiger partial charge >= 0.3 is 5.97 Å². The maximum Gasteiger partial charge on any atom is 0.352 e. The van der Waals surface area contributed by atoms with Crippen molar-refractivity contribution in [1.29, 1.82) is 0 Å². The quantitative estimate of drug-likeness (QED) is 0.655. The summed E-state index contributed by atoms with van der Waals surface area (Å²) in [7, 11) is -3.87. The molecule has 0 spiro atoms. The van der Waals surface area contributed by atoms with Crippen molar-refractivity contribution >= 4 is 16.0 Å². The Balaban J connectivity index is 1.75. The Morgan fingerprint density at radius 2 is 2.00 bits per heavy atom. The number of hydrogen-bond donors (Lipinski definition) is 2. The zero-order chi connectivity index (χ0) is 18.7. The van der Waals surface area contributed by atoms with Crippen molar-refractivity contribution in [3.05, 3.63) is 60.0 Å². The molecule has 0 aliphatic heterocycles. The lowest BCUT2D eigenvalue weighted by Gasteiger charge is -2.02. The molecule has 26 heavy (non-hydrogen) atoms. The van der Waals surface area contributed by atoms with E-state index in [0.29, 0.717) is 18.0 Å². The van der Waals surface area contributed by atoms with Gasteiger partial charge in [0.25, 0.3) is 0 Å². The first-order chi connectivity index (χ1) is 12.4. The first-order valence-corrected chi connectivity index (χ1v) is 9.33. The SMILES string of the molecule is CCn1cc(S(=O)(=O)NCc2cc(-c3ccccc3)on2)cc1C(=O)O. The first kappa shape index (κ1) is 17.9. The zero-order valence-corrected chi connectivity index (χ0v) is 14.7. The number of aromatic nitrogens is 2. The van der Waals surface area contributed by atoms with Gasteiger partial charge in [0.15, 0.2) is 5.76 Å². The van der Waals surface area contributed by atoms with Crippen molar-refractivity contribution < 1.29 is 22.8 Å². The standard InChI is InChI=1S/C17H17N3O5S/c1-2-20-11-14(9-15(20)17(21)22)26(23,24)18-10-13-8-16(25-19-13)12-6-4-3-5-7-12/h3-9,11,18H,2,10H2,1H3,(H,21,22). The van der Waals surface area contributed by atoms with Crippen LogP contribution in [0.2, 0.25) is 0 Å². The molecule has 8 nitrogen and oxygen atoms in total. The van der Waals surface area contributed by atoms with E-state index in [2.05, 4.69) is 9.88 Å². The third-order valence-corrected chi connectivity index (χ3v) is 5.17. The predicted octanol–water partition coefficient (Wildman–Crippen LogP) is 2.34. The van der Waals surface area contributed by atoms with Crippen LogP contribution in [0, 0.1) is 0 Å². The van der Waals surface area contributed by atoms with Crippen LogP contribution < -0.4 is 4.72 Å². The molecule has 2 aromatic heterocycles. The number of rotatable bonds is 7. The van der Waals surface area contributed by atoms with Crippen LogP contribution in [0.3, 0.4) is 0 Å². The number of aryl methyl sites for hydroxylation is 1. The summed E-state index contributed by atoms with van der Waals surface area (Å²) >= 11 is 0. The van der Waals surface area contributed by atoms with Crippen molar-refractivity contribution in [2.24, 2.45) is 0 Å². The third kappa shape index (κ3) is 3.68. The van der Waals surface area contributed by atoms with Gasteiger partial charge in [0.05, 0.1) is 12.2 Å². The fourth-order valence-corrected chi connectivity index (χ4v) is 3.49. The van der Waals surface area contributed by atoms with Crippen LogP contribution in [0.1, 0.15) is 23.1 Å². The van der Waals surface area contributed by atoms with Crippen molar-refractivity contribution in [3.63, 3.8) is 0 Å². The molecular weight excluding hydrogens is 358 g/mol. The smallest absolute Gasteiger partial charge is 0.352 e. The highest BCUT2D eigenvalue weighted by molar-refractivity contribution is 7.89. The molecule has 0 unspecified atom stereocenters. The van der Waals surface area contributed by atoms with E-state index in [0.717, 1.165) is 11.6 Å². The van der Waals surface area contributed by atoms with Gasteiger partial charge in [-0.1, -0.05) is 35.5 Å². The zero-order valence-electron chi connectivity index (χ0n) is 13.9. The van der Waals surface area contributed by atoms with Crippen LogP contribution >= 0.6 is 0 Å². The third-order valence-electron chi connectivity index (χ3n) is 3.80. The van der Waals surface area contributed by atoms with Crippen LogP contribution in [0.25, 0.3) is 11.3 Å². The molecule has 136 valence electrons. The Morgan fingerprint density at radius 1 is 1.27 bits per heavy atom.